The minimum absolute atomic E-state index is 0.267. The van der Waals surface area contributed by atoms with Crippen molar-refractivity contribution in [3.05, 3.63) is 46.6 Å². The average molecular weight is 281 g/mol. The van der Waals surface area contributed by atoms with Crippen LogP contribution in [0.3, 0.4) is 0 Å². The van der Waals surface area contributed by atoms with E-state index >= 15 is 0 Å². The summed E-state index contributed by atoms with van der Waals surface area (Å²) in [5, 5.41) is 12.5. The van der Waals surface area contributed by atoms with Crippen LogP contribution in [0, 0.1) is 25.2 Å². The molecule has 1 N–H and O–H groups in total. The van der Waals surface area contributed by atoms with E-state index in [2.05, 4.69) is 16.4 Å². The predicted octanol–water partition coefficient (Wildman–Crippen LogP) is 2.91. The molecule has 0 saturated carbocycles. The van der Waals surface area contributed by atoms with Gasteiger partial charge in [-0.05, 0) is 43.2 Å². The number of nitrogens with zero attached hydrogens (tertiary/aromatic N) is 2. The van der Waals surface area contributed by atoms with Crippen molar-refractivity contribution in [2.45, 2.75) is 20.4 Å². The van der Waals surface area contributed by atoms with Crippen LogP contribution in [-0.2, 0) is 6.54 Å². The van der Waals surface area contributed by atoms with Crippen LogP contribution >= 0.6 is 0 Å². The number of aromatic nitrogens is 1. The molecule has 0 saturated heterocycles. The SMILES string of the molecule is Cc1cc(C)c(C#N)c(NCc2ccc3c(c2)OCO3)n1. The summed E-state index contributed by atoms with van der Waals surface area (Å²) in [5.74, 6) is 2.14. The normalized spacial score (nSPS) is 12.0. The van der Waals surface area contributed by atoms with E-state index in [9.17, 15) is 5.26 Å². The summed E-state index contributed by atoms with van der Waals surface area (Å²) in [6, 6.07) is 9.90. The van der Waals surface area contributed by atoms with E-state index in [0.717, 1.165) is 28.3 Å². The molecular weight excluding hydrogens is 266 g/mol. The second-order valence-corrected chi connectivity index (χ2v) is 4.96. The second-order valence-electron chi connectivity index (χ2n) is 4.96. The lowest BCUT2D eigenvalue weighted by molar-refractivity contribution is 0.174. The molecule has 0 atom stereocenters. The molecule has 0 radical (unpaired) electrons. The summed E-state index contributed by atoms with van der Waals surface area (Å²) in [6.07, 6.45) is 0. The van der Waals surface area contributed by atoms with Crippen LogP contribution in [0.2, 0.25) is 0 Å². The maximum Gasteiger partial charge on any atom is 0.231 e. The molecule has 106 valence electrons. The Balaban J connectivity index is 1.81. The first-order valence-electron chi connectivity index (χ1n) is 6.68. The van der Waals surface area contributed by atoms with Crippen LogP contribution in [0.15, 0.2) is 24.3 Å². The summed E-state index contributed by atoms with van der Waals surface area (Å²) < 4.78 is 10.6. The fraction of sp³-hybridized carbons (Fsp3) is 0.250. The molecule has 1 aliphatic rings. The van der Waals surface area contributed by atoms with Gasteiger partial charge in [0, 0.05) is 12.2 Å². The van der Waals surface area contributed by atoms with E-state index in [1.807, 2.05) is 38.1 Å². The van der Waals surface area contributed by atoms with Gasteiger partial charge in [0.25, 0.3) is 0 Å². The van der Waals surface area contributed by atoms with Crippen LogP contribution in [0.1, 0.15) is 22.4 Å². The van der Waals surface area contributed by atoms with Crippen molar-refractivity contribution in [2.24, 2.45) is 0 Å². The summed E-state index contributed by atoms with van der Waals surface area (Å²) in [7, 11) is 0. The molecule has 3 rings (SSSR count). The molecule has 1 aromatic carbocycles. The van der Waals surface area contributed by atoms with Crippen LogP contribution in [0.5, 0.6) is 11.5 Å². The topological polar surface area (TPSA) is 67.2 Å². The molecule has 0 unspecified atom stereocenters. The molecule has 0 fully saturated rings. The van der Waals surface area contributed by atoms with Crippen molar-refractivity contribution < 1.29 is 9.47 Å². The predicted molar refractivity (Wildman–Crippen MR) is 78.3 cm³/mol. The van der Waals surface area contributed by atoms with Crippen LogP contribution in [0.25, 0.3) is 0 Å². The molecular formula is C16H15N3O2. The Bertz CT molecular complexity index is 735. The monoisotopic (exact) mass is 281 g/mol. The van der Waals surface area contributed by atoms with Crippen LogP contribution in [-0.4, -0.2) is 11.8 Å². The van der Waals surface area contributed by atoms with Gasteiger partial charge in [-0.1, -0.05) is 6.07 Å². The number of nitrogens with one attached hydrogen (secondary N) is 1. The fourth-order valence-corrected chi connectivity index (χ4v) is 2.34. The van der Waals surface area contributed by atoms with Gasteiger partial charge in [0.05, 0.1) is 5.56 Å². The van der Waals surface area contributed by atoms with Gasteiger partial charge in [0.1, 0.15) is 11.9 Å². The van der Waals surface area contributed by atoms with Gasteiger partial charge < -0.3 is 14.8 Å². The van der Waals surface area contributed by atoms with Crippen LogP contribution < -0.4 is 14.8 Å². The van der Waals surface area contributed by atoms with Crippen LogP contribution in [0.4, 0.5) is 5.82 Å². The molecule has 1 aliphatic heterocycles. The molecule has 5 heteroatoms. The van der Waals surface area contributed by atoms with E-state index in [0.29, 0.717) is 17.9 Å². The Hall–Kier alpha value is -2.74. The second kappa shape index (κ2) is 5.33. The average Bonchev–Trinajstić information content (AvgIpc) is 2.92. The Kier molecular flexibility index (Phi) is 3.36. The quantitative estimate of drug-likeness (QED) is 0.937. The van der Waals surface area contributed by atoms with Gasteiger partial charge in [-0.3, -0.25) is 0 Å². The zero-order valence-electron chi connectivity index (χ0n) is 11.9. The molecule has 0 aliphatic carbocycles. The van der Waals surface area contributed by atoms with E-state index in [4.69, 9.17) is 9.47 Å². The Labute approximate surface area is 123 Å². The minimum atomic E-state index is 0.267. The maximum atomic E-state index is 9.25. The summed E-state index contributed by atoms with van der Waals surface area (Å²) in [5.41, 5.74) is 3.45. The maximum absolute atomic E-state index is 9.25. The first kappa shape index (κ1) is 13.3. The number of pyridine rings is 1. The third-order valence-electron chi connectivity index (χ3n) is 3.35. The highest BCUT2D eigenvalue weighted by Gasteiger charge is 2.13. The molecule has 5 nitrogen and oxygen atoms in total. The highest BCUT2D eigenvalue weighted by molar-refractivity contribution is 5.57. The standard InChI is InChI=1S/C16H15N3O2/c1-10-5-11(2)19-16(13(10)7-17)18-8-12-3-4-14-15(6-12)21-9-20-14/h3-6H,8-9H2,1-2H3,(H,18,19). The number of rotatable bonds is 3. The first-order valence-corrected chi connectivity index (χ1v) is 6.68. The smallest absolute Gasteiger partial charge is 0.231 e. The number of hydrogen-bond donors (Lipinski definition) is 1. The van der Waals surface area contributed by atoms with Gasteiger partial charge in [0.2, 0.25) is 6.79 Å². The van der Waals surface area contributed by atoms with Gasteiger partial charge in [-0.25, -0.2) is 4.98 Å². The molecule has 0 amide bonds. The lowest BCUT2D eigenvalue weighted by Gasteiger charge is -2.10. The number of anilines is 1. The molecule has 21 heavy (non-hydrogen) atoms. The van der Waals surface area contributed by atoms with Crippen molar-refractivity contribution in [1.29, 1.82) is 5.26 Å². The summed E-state index contributed by atoms with van der Waals surface area (Å²) >= 11 is 0. The fourth-order valence-electron chi connectivity index (χ4n) is 2.34. The highest BCUT2D eigenvalue weighted by atomic mass is 16.7. The number of aryl methyl sites for hydroxylation is 2. The summed E-state index contributed by atoms with van der Waals surface area (Å²) in [6.45, 7) is 4.67. The molecule has 0 spiro atoms. The number of benzene rings is 1. The number of ether oxygens (including phenoxy) is 2. The van der Waals surface area contributed by atoms with Crippen molar-refractivity contribution >= 4 is 5.82 Å². The molecule has 2 aromatic rings. The summed E-state index contributed by atoms with van der Waals surface area (Å²) in [4.78, 5) is 4.40. The van der Waals surface area contributed by atoms with Gasteiger partial charge >= 0.3 is 0 Å². The number of nitriles is 1. The molecule has 2 heterocycles. The van der Waals surface area contributed by atoms with Gasteiger partial charge in [-0.2, -0.15) is 5.26 Å². The van der Waals surface area contributed by atoms with Crippen molar-refractivity contribution in [1.82, 2.24) is 4.98 Å². The number of fused-ring (bicyclic) bond motifs is 1. The highest BCUT2D eigenvalue weighted by Crippen LogP contribution is 2.32. The minimum Gasteiger partial charge on any atom is -0.454 e. The molecule has 1 aromatic heterocycles. The first-order chi connectivity index (χ1) is 10.2. The largest absolute Gasteiger partial charge is 0.454 e. The lowest BCUT2D eigenvalue weighted by atomic mass is 10.1. The Morgan fingerprint density at radius 3 is 2.86 bits per heavy atom. The number of hydrogen-bond acceptors (Lipinski definition) is 5. The van der Waals surface area contributed by atoms with E-state index in [-0.39, 0.29) is 6.79 Å². The Morgan fingerprint density at radius 1 is 1.24 bits per heavy atom. The zero-order valence-corrected chi connectivity index (χ0v) is 11.9. The third-order valence-corrected chi connectivity index (χ3v) is 3.35. The Morgan fingerprint density at radius 2 is 2.05 bits per heavy atom. The van der Waals surface area contributed by atoms with Crippen molar-refractivity contribution in [3.63, 3.8) is 0 Å². The zero-order chi connectivity index (χ0) is 14.8. The van der Waals surface area contributed by atoms with Crippen molar-refractivity contribution in [2.75, 3.05) is 12.1 Å². The van der Waals surface area contributed by atoms with Crippen molar-refractivity contribution in [3.8, 4) is 17.6 Å². The van der Waals surface area contributed by atoms with E-state index in [1.54, 1.807) is 0 Å². The third kappa shape index (κ3) is 2.61. The molecule has 0 bridgehead atoms. The van der Waals surface area contributed by atoms with Gasteiger partial charge in [-0.15, -0.1) is 0 Å². The van der Waals surface area contributed by atoms with E-state index < -0.39 is 0 Å². The lowest BCUT2D eigenvalue weighted by Crippen LogP contribution is -2.05. The van der Waals surface area contributed by atoms with Gasteiger partial charge in [0.15, 0.2) is 11.5 Å². The van der Waals surface area contributed by atoms with E-state index in [1.165, 1.54) is 0 Å².